The molecule has 0 aromatic carbocycles. The molecular weight excluding hydrogens is 244 g/mol. The van der Waals surface area contributed by atoms with Crippen LogP contribution in [-0.4, -0.2) is 26.0 Å². The number of hydrogen-bond donors (Lipinski definition) is 2. The Morgan fingerprint density at radius 2 is 2.26 bits per heavy atom. The lowest BCUT2D eigenvalue weighted by Crippen LogP contribution is -2.21. The van der Waals surface area contributed by atoms with Crippen LogP contribution in [0.4, 0.5) is 0 Å². The summed E-state index contributed by atoms with van der Waals surface area (Å²) in [7, 11) is 0. The van der Waals surface area contributed by atoms with Gasteiger partial charge in [-0.3, -0.25) is 4.98 Å². The second-order valence-electron chi connectivity index (χ2n) is 4.05. The summed E-state index contributed by atoms with van der Waals surface area (Å²) in [5, 5.41) is 12.2. The second kappa shape index (κ2) is 6.01. The maximum atomic E-state index is 11.0. The Balaban J connectivity index is 2.05. The molecule has 2 rings (SSSR count). The van der Waals surface area contributed by atoms with E-state index in [1.54, 1.807) is 6.20 Å². The first kappa shape index (κ1) is 13.1. The summed E-state index contributed by atoms with van der Waals surface area (Å²) >= 11 is 0. The Morgan fingerprint density at radius 3 is 2.95 bits per heavy atom. The van der Waals surface area contributed by atoms with E-state index in [9.17, 15) is 4.79 Å². The molecule has 2 N–H and O–H groups in total. The van der Waals surface area contributed by atoms with E-state index in [2.05, 4.69) is 20.3 Å². The number of carboxylic acids is 1. The molecule has 0 spiro atoms. The van der Waals surface area contributed by atoms with Crippen LogP contribution in [0.1, 0.15) is 34.7 Å². The third kappa shape index (κ3) is 3.32. The normalized spacial score (nSPS) is 12.1. The fraction of sp³-hybridized carbons (Fsp3) is 0.231. The van der Waals surface area contributed by atoms with Crippen molar-refractivity contribution in [3.63, 3.8) is 0 Å². The number of carboxylic acid groups (broad SMARTS) is 1. The van der Waals surface area contributed by atoms with Crippen LogP contribution in [-0.2, 0) is 6.54 Å². The predicted octanol–water partition coefficient (Wildman–Crippen LogP) is 1.42. The summed E-state index contributed by atoms with van der Waals surface area (Å²) in [4.78, 5) is 23.0. The number of carbonyl (C=O) groups is 1. The van der Waals surface area contributed by atoms with Crippen LogP contribution in [0.25, 0.3) is 0 Å². The van der Waals surface area contributed by atoms with E-state index in [4.69, 9.17) is 5.11 Å². The fourth-order valence-corrected chi connectivity index (χ4v) is 1.66. The van der Waals surface area contributed by atoms with Crippen LogP contribution < -0.4 is 5.32 Å². The minimum atomic E-state index is -1.03. The standard InChI is InChI=1S/C13H14N4O2/c1-9(11-4-2-3-5-15-11)16-7-12-10(13(18)19)6-14-8-17-12/h2-6,8-9,16H,7H2,1H3,(H,18,19)/t9-/m1/s1. The van der Waals surface area contributed by atoms with Gasteiger partial charge in [0.2, 0.25) is 0 Å². The maximum Gasteiger partial charge on any atom is 0.339 e. The van der Waals surface area contributed by atoms with Crippen LogP contribution in [0.5, 0.6) is 0 Å². The Bertz CT molecular complexity index is 560. The minimum Gasteiger partial charge on any atom is -0.478 e. The molecule has 19 heavy (non-hydrogen) atoms. The lowest BCUT2D eigenvalue weighted by molar-refractivity contribution is 0.0694. The summed E-state index contributed by atoms with van der Waals surface area (Å²) < 4.78 is 0. The number of aromatic carboxylic acids is 1. The first-order valence-corrected chi connectivity index (χ1v) is 5.85. The van der Waals surface area contributed by atoms with Crippen molar-refractivity contribution >= 4 is 5.97 Å². The molecule has 0 radical (unpaired) electrons. The zero-order valence-corrected chi connectivity index (χ0v) is 10.4. The molecule has 0 fully saturated rings. The van der Waals surface area contributed by atoms with Crippen molar-refractivity contribution in [3.05, 3.63) is 53.9 Å². The lowest BCUT2D eigenvalue weighted by Gasteiger charge is -2.13. The van der Waals surface area contributed by atoms with Gasteiger partial charge in [0.1, 0.15) is 11.9 Å². The summed E-state index contributed by atoms with van der Waals surface area (Å²) in [6.07, 6.45) is 4.37. The molecule has 0 saturated carbocycles. The monoisotopic (exact) mass is 258 g/mol. The smallest absolute Gasteiger partial charge is 0.339 e. The maximum absolute atomic E-state index is 11.0. The molecule has 1 atom stereocenters. The van der Waals surface area contributed by atoms with E-state index in [0.717, 1.165) is 5.69 Å². The van der Waals surface area contributed by atoms with Gasteiger partial charge in [0.05, 0.1) is 11.4 Å². The molecule has 2 heterocycles. The topological polar surface area (TPSA) is 88.0 Å². The fourth-order valence-electron chi connectivity index (χ4n) is 1.66. The first-order valence-electron chi connectivity index (χ1n) is 5.85. The van der Waals surface area contributed by atoms with Gasteiger partial charge in [0, 0.05) is 25.0 Å². The molecule has 0 unspecified atom stereocenters. The molecule has 6 heteroatoms. The highest BCUT2D eigenvalue weighted by Gasteiger charge is 2.12. The molecule has 2 aromatic heterocycles. The molecule has 0 bridgehead atoms. The number of hydrogen-bond acceptors (Lipinski definition) is 5. The van der Waals surface area contributed by atoms with Crippen molar-refractivity contribution in [1.82, 2.24) is 20.3 Å². The SMILES string of the molecule is C[C@@H](NCc1ncncc1C(=O)O)c1ccccn1. The van der Waals surface area contributed by atoms with Crippen molar-refractivity contribution < 1.29 is 9.90 Å². The summed E-state index contributed by atoms with van der Waals surface area (Å²) in [5.41, 5.74) is 1.47. The quantitative estimate of drug-likeness (QED) is 0.843. The van der Waals surface area contributed by atoms with E-state index in [-0.39, 0.29) is 11.6 Å². The Kier molecular flexibility index (Phi) is 4.15. The van der Waals surface area contributed by atoms with Crippen LogP contribution in [0.3, 0.4) is 0 Å². The van der Waals surface area contributed by atoms with E-state index in [1.807, 2.05) is 25.1 Å². The van der Waals surface area contributed by atoms with Gasteiger partial charge in [-0.15, -0.1) is 0 Å². The van der Waals surface area contributed by atoms with Crippen molar-refractivity contribution in [2.45, 2.75) is 19.5 Å². The molecule has 98 valence electrons. The Labute approximate surface area is 110 Å². The number of nitrogens with one attached hydrogen (secondary N) is 1. The molecule has 2 aromatic rings. The summed E-state index contributed by atoms with van der Waals surface area (Å²) in [5.74, 6) is -1.03. The van der Waals surface area contributed by atoms with Crippen molar-refractivity contribution in [3.8, 4) is 0 Å². The zero-order chi connectivity index (χ0) is 13.7. The average molecular weight is 258 g/mol. The highest BCUT2D eigenvalue weighted by molar-refractivity contribution is 5.88. The van der Waals surface area contributed by atoms with Crippen molar-refractivity contribution in [2.24, 2.45) is 0 Å². The second-order valence-corrected chi connectivity index (χ2v) is 4.05. The van der Waals surface area contributed by atoms with Gasteiger partial charge >= 0.3 is 5.97 Å². The largest absolute Gasteiger partial charge is 0.478 e. The van der Waals surface area contributed by atoms with Gasteiger partial charge in [-0.2, -0.15) is 0 Å². The molecular formula is C13H14N4O2. The van der Waals surface area contributed by atoms with Gasteiger partial charge in [-0.1, -0.05) is 6.07 Å². The van der Waals surface area contributed by atoms with E-state index >= 15 is 0 Å². The number of pyridine rings is 1. The third-order valence-corrected chi connectivity index (χ3v) is 2.73. The number of nitrogens with zero attached hydrogens (tertiary/aromatic N) is 3. The van der Waals surface area contributed by atoms with Crippen LogP contribution in [0, 0.1) is 0 Å². The van der Waals surface area contributed by atoms with E-state index in [1.165, 1.54) is 12.5 Å². The molecule has 6 nitrogen and oxygen atoms in total. The molecule has 0 amide bonds. The highest BCUT2D eigenvalue weighted by atomic mass is 16.4. The summed E-state index contributed by atoms with van der Waals surface area (Å²) in [6, 6.07) is 5.69. The van der Waals surface area contributed by atoms with Crippen LogP contribution in [0.2, 0.25) is 0 Å². The first-order chi connectivity index (χ1) is 9.18. The number of rotatable bonds is 5. The summed E-state index contributed by atoms with van der Waals surface area (Å²) in [6.45, 7) is 2.31. The molecule has 0 aliphatic heterocycles. The third-order valence-electron chi connectivity index (χ3n) is 2.73. The van der Waals surface area contributed by atoms with Crippen molar-refractivity contribution in [2.75, 3.05) is 0 Å². The molecule has 0 aliphatic rings. The van der Waals surface area contributed by atoms with Crippen LogP contribution in [0.15, 0.2) is 36.9 Å². The van der Waals surface area contributed by atoms with E-state index in [0.29, 0.717) is 12.2 Å². The van der Waals surface area contributed by atoms with Gasteiger partial charge < -0.3 is 10.4 Å². The Morgan fingerprint density at radius 1 is 1.42 bits per heavy atom. The zero-order valence-electron chi connectivity index (χ0n) is 10.4. The Hall–Kier alpha value is -2.34. The number of aromatic nitrogens is 3. The van der Waals surface area contributed by atoms with Gasteiger partial charge in [0.15, 0.2) is 0 Å². The lowest BCUT2D eigenvalue weighted by atomic mass is 10.2. The average Bonchev–Trinajstić information content (AvgIpc) is 2.46. The van der Waals surface area contributed by atoms with Crippen LogP contribution >= 0.6 is 0 Å². The minimum absolute atomic E-state index is 0.0119. The molecule has 0 saturated heterocycles. The van der Waals surface area contributed by atoms with Gasteiger partial charge in [-0.05, 0) is 19.1 Å². The van der Waals surface area contributed by atoms with Gasteiger partial charge in [0.25, 0.3) is 0 Å². The highest BCUT2D eigenvalue weighted by Crippen LogP contribution is 2.10. The predicted molar refractivity (Wildman–Crippen MR) is 68.5 cm³/mol. The van der Waals surface area contributed by atoms with Crippen molar-refractivity contribution in [1.29, 1.82) is 0 Å². The van der Waals surface area contributed by atoms with Gasteiger partial charge in [-0.25, -0.2) is 14.8 Å². The molecule has 0 aliphatic carbocycles. The van der Waals surface area contributed by atoms with E-state index < -0.39 is 5.97 Å².